The van der Waals surface area contributed by atoms with Crippen LogP contribution in [0.15, 0.2) is 42.6 Å². The van der Waals surface area contributed by atoms with Gasteiger partial charge in [-0.3, -0.25) is 14.4 Å². The molecule has 27 heavy (non-hydrogen) atoms. The summed E-state index contributed by atoms with van der Waals surface area (Å²) in [6, 6.07) is 10.4. The Hall–Kier alpha value is -3.09. The molecule has 0 saturated carbocycles. The van der Waals surface area contributed by atoms with Gasteiger partial charge in [-0.05, 0) is 36.4 Å². The molecule has 1 aromatic carbocycles. The second-order valence-corrected chi connectivity index (χ2v) is 6.41. The van der Waals surface area contributed by atoms with Crippen molar-refractivity contribution in [3.8, 4) is 5.75 Å². The maximum atomic E-state index is 12.4. The lowest BCUT2D eigenvalue weighted by Gasteiger charge is -2.34. The lowest BCUT2D eigenvalue weighted by atomic mass is 10.1. The third-order valence-electron chi connectivity index (χ3n) is 4.73. The van der Waals surface area contributed by atoms with E-state index in [2.05, 4.69) is 4.98 Å². The number of amides is 2. The van der Waals surface area contributed by atoms with Crippen LogP contribution in [-0.4, -0.2) is 65.7 Å². The molecule has 7 heteroatoms. The Morgan fingerprint density at radius 3 is 2.22 bits per heavy atom. The molecule has 0 bridgehead atoms. The lowest BCUT2D eigenvalue weighted by molar-refractivity contribution is -0.132. The zero-order valence-corrected chi connectivity index (χ0v) is 15.3. The highest BCUT2D eigenvalue weighted by Gasteiger charge is 2.25. The van der Waals surface area contributed by atoms with Gasteiger partial charge in [0.25, 0.3) is 5.91 Å². The Morgan fingerprint density at radius 1 is 0.963 bits per heavy atom. The second kappa shape index (κ2) is 8.53. The first kappa shape index (κ1) is 18.7. The fraction of sp³-hybridized carbons (Fsp3) is 0.350. The molecule has 3 rings (SSSR count). The number of Topliss-reactive ketones (excluding diaryl/α,β-unsaturated/α-hetero) is 1. The van der Waals surface area contributed by atoms with Crippen molar-refractivity contribution >= 4 is 17.6 Å². The summed E-state index contributed by atoms with van der Waals surface area (Å²) in [5.74, 6) is 0.520. The number of methoxy groups -OCH3 is 1. The number of carbonyl (C=O) groups is 3. The fourth-order valence-corrected chi connectivity index (χ4v) is 3.09. The largest absolute Gasteiger partial charge is 0.497 e. The van der Waals surface area contributed by atoms with Crippen molar-refractivity contribution in [1.29, 1.82) is 0 Å². The smallest absolute Gasteiger partial charge is 0.270 e. The van der Waals surface area contributed by atoms with Crippen LogP contribution in [0.3, 0.4) is 0 Å². The molecule has 0 aliphatic carbocycles. The van der Waals surface area contributed by atoms with Crippen molar-refractivity contribution in [2.75, 3.05) is 33.3 Å². The summed E-state index contributed by atoms with van der Waals surface area (Å²) >= 11 is 0. The summed E-state index contributed by atoms with van der Waals surface area (Å²) in [5.41, 5.74) is 1.13. The first-order valence-corrected chi connectivity index (χ1v) is 8.96. The van der Waals surface area contributed by atoms with Gasteiger partial charge in [-0.1, -0.05) is 0 Å². The van der Waals surface area contributed by atoms with Crippen LogP contribution >= 0.6 is 0 Å². The Morgan fingerprint density at radius 2 is 1.63 bits per heavy atom. The number of hydrogen-bond donors (Lipinski definition) is 1. The Bertz CT molecular complexity index is 791. The normalized spacial score (nSPS) is 14.1. The number of H-pyrrole nitrogens is 1. The van der Waals surface area contributed by atoms with Crippen molar-refractivity contribution < 1.29 is 19.1 Å². The zero-order chi connectivity index (χ0) is 19.2. The van der Waals surface area contributed by atoms with Crippen molar-refractivity contribution in [2.45, 2.75) is 12.8 Å². The molecule has 0 radical (unpaired) electrons. The van der Waals surface area contributed by atoms with Gasteiger partial charge in [0.15, 0.2) is 5.78 Å². The first-order chi connectivity index (χ1) is 13.1. The van der Waals surface area contributed by atoms with Crippen LogP contribution in [0.25, 0.3) is 0 Å². The summed E-state index contributed by atoms with van der Waals surface area (Å²) in [4.78, 5) is 43.3. The number of piperazine rings is 1. The molecule has 1 saturated heterocycles. The van der Waals surface area contributed by atoms with Gasteiger partial charge in [-0.2, -0.15) is 0 Å². The van der Waals surface area contributed by atoms with E-state index in [0.29, 0.717) is 43.2 Å². The van der Waals surface area contributed by atoms with Gasteiger partial charge < -0.3 is 19.5 Å². The van der Waals surface area contributed by atoms with E-state index in [4.69, 9.17) is 4.74 Å². The minimum Gasteiger partial charge on any atom is -0.497 e. The van der Waals surface area contributed by atoms with Crippen LogP contribution in [-0.2, 0) is 4.79 Å². The molecule has 1 aliphatic heterocycles. The van der Waals surface area contributed by atoms with E-state index in [1.165, 1.54) is 0 Å². The number of aromatic amines is 1. The van der Waals surface area contributed by atoms with Crippen LogP contribution in [0.1, 0.15) is 33.7 Å². The molecule has 2 amide bonds. The molecule has 0 atom stereocenters. The number of aromatic nitrogens is 1. The summed E-state index contributed by atoms with van der Waals surface area (Å²) < 4.78 is 5.07. The van der Waals surface area contributed by atoms with Crippen molar-refractivity contribution in [3.63, 3.8) is 0 Å². The van der Waals surface area contributed by atoms with Gasteiger partial charge in [0, 0.05) is 50.8 Å². The van der Waals surface area contributed by atoms with Crippen molar-refractivity contribution in [3.05, 3.63) is 53.9 Å². The molecule has 7 nitrogen and oxygen atoms in total. The van der Waals surface area contributed by atoms with Gasteiger partial charge in [-0.15, -0.1) is 0 Å². The van der Waals surface area contributed by atoms with Crippen LogP contribution in [0.4, 0.5) is 0 Å². The van der Waals surface area contributed by atoms with Gasteiger partial charge >= 0.3 is 0 Å². The first-order valence-electron chi connectivity index (χ1n) is 8.96. The predicted octanol–water partition coefficient (Wildman–Crippen LogP) is 1.97. The van der Waals surface area contributed by atoms with Gasteiger partial charge in [0.1, 0.15) is 11.4 Å². The standard InChI is InChI=1S/C20H23N3O4/c1-27-16-6-4-15(5-7-16)18(24)8-9-19(25)22-11-13-23(14-12-22)20(26)17-3-2-10-21-17/h2-7,10,21H,8-9,11-14H2,1H3. The number of hydrogen-bond acceptors (Lipinski definition) is 4. The Labute approximate surface area is 157 Å². The summed E-state index contributed by atoms with van der Waals surface area (Å²) in [7, 11) is 1.57. The minimum absolute atomic E-state index is 0.0520. The maximum absolute atomic E-state index is 12.4. The van der Waals surface area contributed by atoms with Crippen LogP contribution < -0.4 is 4.74 Å². The fourth-order valence-electron chi connectivity index (χ4n) is 3.09. The molecule has 1 aliphatic rings. The Balaban J connectivity index is 1.45. The topological polar surface area (TPSA) is 82.7 Å². The van der Waals surface area contributed by atoms with E-state index >= 15 is 0 Å². The molecular weight excluding hydrogens is 346 g/mol. The molecule has 1 fully saturated rings. The van der Waals surface area contributed by atoms with E-state index in [9.17, 15) is 14.4 Å². The highest BCUT2D eigenvalue weighted by atomic mass is 16.5. The van der Waals surface area contributed by atoms with Crippen molar-refractivity contribution in [2.24, 2.45) is 0 Å². The maximum Gasteiger partial charge on any atom is 0.270 e. The van der Waals surface area contributed by atoms with Gasteiger partial charge in [0.05, 0.1) is 7.11 Å². The molecule has 0 unspecified atom stereocenters. The lowest BCUT2D eigenvalue weighted by Crippen LogP contribution is -2.50. The van der Waals surface area contributed by atoms with E-state index in [1.54, 1.807) is 59.5 Å². The van der Waals surface area contributed by atoms with Gasteiger partial charge in [-0.25, -0.2) is 0 Å². The molecule has 142 valence electrons. The number of carbonyl (C=O) groups excluding carboxylic acids is 3. The SMILES string of the molecule is COc1ccc(C(=O)CCC(=O)N2CCN(C(=O)c3ccc[nH]3)CC2)cc1. The second-order valence-electron chi connectivity index (χ2n) is 6.41. The van der Waals surface area contributed by atoms with Crippen LogP contribution in [0, 0.1) is 0 Å². The molecule has 0 spiro atoms. The summed E-state index contributed by atoms with van der Waals surface area (Å²) in [5, 5.41) is 0. The molecule has 1 N–H and O–H groups in total. The monoisotopic (exact) mass is 369 g/mol. The van der Waals surface area contributed by atoms with E-state index in [0.717, 1.165) is 0 Å². The van der Waals surface area contributed by atoms with Crippen LogP contribution in [0.2, 0.25) is 0 Å². The highest BCUT2D eigenvalue weighted by Crippen LogP contribution is 2.14. The zero-order valence-electron chi connectivity index (χ0n) is 15.3. The third-order valence-corrected chi connectivity index (χ3v) is 4.73. The number of nitrogens with zero attached hydrogens (tertiary/aromatic N) is 2. The third kappa shape index (κ3) is 4.55. The average molecular weight is 369 g/mol. The minimum atomic E-state index is -0.0634. The number of benzene rings is 1. The average Bonchev–Trinajstić information content (AvgIpc) is 3.26. The molecule has 1 aromatic heterocycles. The molecular formula is C20H23N3O4. The van der Waals surface area contributed by atoms with E-state index < -0.39 is 0 Å². The number of rotatable bonds is 6. The van der Waals surface area contributed by atoms with E-state index in [1.807, 2.05) is 0 Å². The van der Waals surface area contributed by atoms with E-state index in [-0.39, 0.29) is 30.4 Å². The van der Waals surface area contributed by atoms with Crippen molar-refractivity contribution in [1.82, 2.24) is 14.8 Å². The summed E-state index contributed by atoms with van der Waals surface area (Å²) in [6.07, 6.45) is 2.06. The highest BCUT2D eigenvalue weighted by molar-refractivity contribution is 5.98. The Kier molecular flexibility index (Phi) is 5.90. The number of ether oxygens (including phenoxy) is 1. The van der Waals surface area contributed by atoms with Gasteiger partial charge in [0.2, 0.25) is 5.91 Å². The number of nitrogens with one attached hydrogen (secondary N) is 1. The number of ketones is 1. The quantitative estimate of drug-likeness (QED) is 0.789. The van der Waals surface area contributed by atoms with Crippen LogP contribution in [0.5, 0.6) is 5.75 Å². The predicted molar refractivity (Wildman–Crippen MR) is 99.8 cm³/mol. The molecule has 2 aromatic rings. The summed E-state index contributed by atoms with van der Waals surface area (Å²) in [6.45, 7) is 1.97. The molecule has 2 heterocycles.